The summed E-state index contributed by atoms with van der Waals surface area (Å²) in [6, 6.07) is -2.57. The quantitative estimate of drug-likeness (QED) is 0.0893. The summed E-state index contributed by atoms with van der Waals surface area (Å²) in [6.45, 7) is 4.31. The average Bonchev–Trinajstić information content (AvgIpc) is 2.63. The molecule has 0 amide bonds. The Morgan fingerprint density at radius 1 is 0.774 bits per heavy atom. The third kappa shape index (κ3) is 27.0. The first-order valence-electron chi connectivity index (χ1n) is 9.34. The highest BCUT2D eigenvalue weighted by atomic mass is 16.4. The molecule has 0 spiro atoms. The Labute approximate surface area is 180 Å². The van der Waals surface area contributed by atoms with Gasteiger partial charge in [-0.3, -0.25) is 24.2 Å². The van der Waals surface area contributed by atoms with E-state index in [0.717, 1.165) is 0 Å². The van der Waals surface area contributed by atoms with Gasteiger partial charge in [0.15, 0.2) is 5.96 Å². The van der Waals surface area contributed by atoms with Gasteiger partial charge in [0.25, 0.3) is 0 Å². The van der Waals surface area contributed by atoms with Crippen LogP contribution in [0, 0.1) is 5.92 Å². The van der Waals surface area contributed by atoms with Crippen molar-refractivity contribution in [3.63, 3.8) is 0 Å². The van der Waals surface area contributed by atoms with E-state index in [1.165, 1.54) is 0 Å². The molecule has 0 saturated heterocycles. The SMILES string of the molecule is CC(C)CC(N)C(=O)O.NC(CCC(=O)O)C(=O)O.NC(N)=NCCCC(N)C(=O)O. The van der Waals surface area contributed by atoms with Gasteiger partial charge in [0.2, 0.25) is 0 Å². The summed E-state index contributed by atoms with van der Waals surface area (Å²) in [5.41, 5.74) is 25.5. The summed E-state index contributed by atoms with van der Waals surface area (Å²) in [5, 5.41) is 33.0. The molecule has 0 aromatic heterocycles. The number of hydrogen-bond acceptors (Lipinski definition) is 8. The maximum atomic E-state index is 10.2. The van der Waals surface area contributed by atoms with Crippen LogP contribution in [0.4, 0.5) is 0 Å². The van der Waals surface area contributed by atoms with Crippen molar-refractivity contribution in [1.82, 2.24) is 0 Å². The van der Waals surface area contributed by atoms with E-state index in [9.17, 15) is 19.2 Å². The van der Waals surface area contributed by atoms with Gasteiger partial charge in [0.1, 0.15) is 18.1 Å². The normalized spacial score (nSPS) is 12.7. The lowest BCUT2D eigenvalue weighted by Crippen LogP contribution is -2.31. The number of carbonyl (C=O) groups is 4. The molecule has 0 aliphatic heterocycles. The van der Waals surface area contributed by atoms with Gasteiger partial charge in [-0.25, -0.2) is 0 Å². The van der Waals surface area contributed by atoms with Crippen molar-refractivity contribution in [2.24, 2.45) is 39.6 Å². The first-order chi connectivity index (χ1) is 14.1. The maximum absolute atomic E-state index is 10.2. The Morgan fingerprint density at radius 3 is 1.48 bits per heavy atom. The number of guanidine groups is 1. The van der Waals surface area contributed by atoms with Crippen LogP contribution in [0.3, 0.4) is 0 Å². The molecule has 0 fully saturated rings. The fourth-order valence-corrected chi connectivity index (χ4v) is 1.65. The molecular weight excluding hydrogens is 416 g/mol. The third-order valence-electron chi connectivity index (χ3n) is 3.31. The zero-order valence-electron chi connectivity index (χ0n) is 17.8. The smallest absolute Gasteiger partial charge is 0.320 e. The van der Waals surface area contributed by atoms with Crippen LogP contribution >= 0.6 is 0 Å². The van der Waals surface area contributed by atoms with Gasteiger partial charge in [0, 0.05) is 13.0 Å². The molecule has 0 aromatic carbocycles. The van der Waals surface area contributed by atoms with E-state index < -0.39 is 42.0 Å². The van der Waals surface area contributed by atoms with Crippen LogP contribution in [0.2, 0.25) is 0 Å². The van der Waals surface area contributed by atoms with Crippen molar-refractivity contribution in [1.29, 1.82) is 0 Å². The molecule has 0 aliphatic rings. The molecule has 182 valence electrons. The zero-order chi connectivity index (χ0) is 25.1. The molecule has 14 nitrogen and oxygen atoms in total. The minimum absolute atomic E-state index is 0.0129. The number of aliphatic imine (C=N–C) groups is 1. The Morgan fingerprint density at radius 2 is 1.19 bits per heavy atom. The monoisotopic (exact) mass is 452 g/mol. The first kappa shape index (κ1) is 32.7. The largest absolute Gasteiger partial charge is 0.481 e. The summed E-state index contributed by atoms with van der Waals surface area (Å²) in [6.07, 6.45) is 1.28. The van der Waals surface area contributed by atoms with Crippen molar-refractivity contribution in [2.45, 2.75) is 64.1 Å². The Hall–Kier alpha value is -2.97. The molecule has 0 rings (SSSR count). The number of carboxylic acid groups (broad SMARTS) is 4. The number of carboxylic acids is 4. The lowest BCUT2D eigenvalue weighted by molar-refractivity contribution is -0.141. The highest BCUT2D eigenvalue weighted by molar-refractivity contribution is 5.76. The van der Waals surface area contributed by atoms with Crippen LogP contribution in [0.25, 0.3) is 0 Å². The topological polar surface area (TPSA) is 292 Å². The van der Waals surface area contributed by atoms with Crippen molar-refractivity contribution < 1.29 is 39.6 Å². The molecule has 0 radical (unpaired) electrons. The van der Waals surface area contributed by atoms with Gasteiger partial charge in [-0.05, 0) is 31.6 Å². The fraction of sp³-hybridized carbons (Fsp3) is 0.706. The lowest BCUT2D eigenvalue weighted by Gasteiger charge is -2.07. The number of rotatable bonds is 12. The molecule has 0 bridgehead atoms. The standard InChI is InChI=1S/C6H14N4O2.C6H13NO2.C5H9NO4/c7-4(5(11)12)2-1-3-10-6(8)9;1-4(2)3-5(7)6(8)9;6-3(5(9)10)1-2-4(7)8/h4H,1-3,7H2,(H,11,12)(H4,8,9,10);4-5H,3,7H2,1-2H3,(H,8,9);3H,1-2,6H2,(H,7,8)(H,9,10). The summed E-state index contributed by atoms with van der Waals surface area (Å²) < 4.78 is 0. The van der Waals surface area contributed by atoms with E-state index in [2.05, 4.69) is 4.99 Å². The highest BCUT2D eigenvalue weighted by Gasteiger charge is 2.13. The second-order valence-corrected chi connectivity index (χ2v) is 6.84. The Bertz CT molecular complexity index is 581. The van der Waals surface area contributed by atoms with E-state index in [4.69, 9.17) is 49.1 Å². The number of nitrogens with zero attached hydrogens (tertiary/aromatic N) is 1. The summed E-state index contributed by atoms with van der Waals surface area (Å²) in [7, 11) is 0. The molecule has 0 aliphatic carbocycles. The van der Waals surface area contributed by atoms with Gasteiger partial charge in [-0.15, -0.1) is 0 Å². The van der Waals surface area contributed by atoms with Crippen LogP contribution in [0.1, 0.15) is 46.0 Å². The average molecular weight is 453 g/mol. The van der Waals surface area contributed by atoms with E-state index in [1.807, 2.05) is 13.8 Å². The second kappa shape index (κ2) is 19.0. The summed E-state index contributed by atoms with van der Waals surface area (Å²) in [5.74, 6) is -3.74. The number of nitrogens with two attached hydrogens (primary N) is 5. The molecule has 14 heteroatoms. The molecule has 3 atom stereocenters. The minimum atomic E-state index is -1.17. The minimum Gasteiger partial charge on any atom is -0.481 e. The Kier molecular flexibility index (Phi) is 20.1. The zero-order valence-corrected chi connectivity index (χ0v) is 17.8. The van der Waals surface area contributed by atoms with Crippen LogP contribution in [-0.4, -0.2) is 74.9 Å². The van der Waals surface area contributed by atoms with E-state index in [-0.39, 0.29) is 18.8 Å². The molecule has 31 heavy (non-hydrogen) atoms. The Balaban J connectivity index is -0.000000384. The van der Waals surface area contributed by atoms with E-state index >= 15 is 0 Å². The maximum Gasteiger partial charge on any atom is 0.320 e. The molecule has 3 unspecified atom stereocenters. The fourth-order valence-electron chi connectivity index (χ4n) is 1.65. The summed E-state index contributed by atoms with van der Waals surface area (Å²) >= 11 is 0. The third-order valence-corrected chi connectivity index (χ3v) is 3.31. The van der Waals surface area contributed by atoms with Crippen LogP contribution < -0.4 is 28.7 Å². The van der Waals surface area contributed by atoms with Crippen LogP contribution in [0.5, 0.6) is 0 Å². The molecular formula is C17H36N6O8. The van der Waals surface area contributed by atoms with Gasteiger partial charge in [-0.1, -0.05) is 13.8 Å². The second-order valence-electron chi connectivity index (χ2n) is 6.84. The lowest BCUT2D eigenvalue weighted by atomic mass is 10.1. The van der Waals surface area contributed by atoms with Crippen molar-refractivity contribution in [3.05, 3.63) is 0 Å². The van der Waals surface area contributed by atoms with Crippen LogP contribution in [0.15, 0.2) is 4.99 Å². The van der Waals surface area contributed by atoms with E-state index in [1.54, 1.807) is 0 Å². The predicted octanol–water partition coefficient (Wildman–Crippen LogP) is -1.84. The molecule has 0 saturated carbocycles. The van der Waals surface area contributed by atoms with Gasteiger partial charge < -0.3 is 49.1 Å². The van der Waals surface area contributed by atoms with Gasteiger partial charge >= 0.3 is 23.9 Å². The first-order valence-corrected chi connectivity index (χ1v) is 9.34. The summed E-state index contributed by atoms with van der Waals surface area (Å²) in [4.78, 5) is 43.9. The molecule has 0 heterocycles. The van der Waals surface area contributed by atoms with Crippen molar-refractivity contribution in [3.8, 4) is 0 Å². The number of aliphatic carboxylic acids is 4. The predicted molar refractivity (Wildman–Crippen MR) is 113 cm³/mol. The molecule has 14 N–H and O–H groups in total. The van der Waals surface area contributed by atoms with Gasteiger partial charge in [0.05, 0.1) is 0 Å². The van der Waals surface area contributed by atoms with Crippen molar-refractivity contribution >= 4 is 29.8 Å². The van der Waals surface area contributed by atoms with Crippen LogP contribution in [-0.2, 0) is 19.2 Å². The van der Waals surface area contributed by atoms with E-state index in [0.29, 0.717) is 31.7 Å². The van der Waals surface area contributed by atoms with Crippen molar-refractivity contribution in [2.75, 3.05) is 6.54 Å². The van der Waals surface area contributed by atoms with Gasteiger partial charge in [-0.2, -0.15) is 0 Å². The number of hydrogen-bond donors (Lipinski definition) is 9. The molecule has 0 aromatic rings. The highest BCUT2D eigenvalue weighted by Crippen LogP contribution is 2.01.